The fourth-order valence-electron chi connectivity index (χ4n) is 5.09. The zero-order chi connectivity index (χ0) is 30.1. The Balaban J connectivity index is 2.54. The number of Topliss-reactive ketones (excluding diaryl/α,β-unsaturated/α-hetero) is 1. The van der Waals surface area contributed by atoms with E-state index in [2.05, 4.69) is 5.32 Å². The first-order valence-electron chi connectivity index (χ1n) is 13.3. The molecule has 2 rings (SSSR count). The highest BCUT2D eigenvalue weighted by molar-refractivity contribution is 6.23. The summed E-state index contributed by atoms with van der Waals surface area (Å²) in [5.74, 6) is -2.26. The monoisotopic (exact) mass is 562 g/mol. The Morgan fingerprint density at radius 3 is 2.30 bits per heavy atom. The number of rotatable bonds is 4. The Hall–Kier alpha value is -3.28. The maximum Gasteiger partial charge on any atom is 0.405 e. The van der Waals surface area contributed by atoms with Crippen molar-refractivity contribution in [2.24, 2.45) is 17.6 Å². The highest BCUT2D eigenvalue weighted by Crippen LogP contribution is 2.29. The molecule has 40 heavy (non-hydrogen) atoms. The van der Waals surface area contributed by atoms with Gasteiger partial charge in [0.1, 0.15) is 0 Å². The van der Waals surface area contributed by atoms with E-state index in [1.165, 1.54) is 21.3 Å². The quantitative estimate of drug-likeness (QED) is 0.345. The lowest BCUT2D eigenvalue weighted by Gasteiger charge is -2.30. The molecule has 0 aromatic carbocycles. The van der Waals surface area contributed by atoms with Gasteiger partial charge in [-0.05, 0) is 51.0 Å². The third kappa shape index (κ3) is 8.36. The standard InChI is InChI=1S/C29H42N2O9/c1-15-11-19-25(34)20(14-21(32)27(19)39-7)31-28(35)16(2)9-8-10-22(37-5)26(40-29(30)36)18(4)13-17(3)24(33)23(12-15)38-6/h9,13-15,17,22-24,26,33H,8,10-12H2,1-7H3,(H2,30,36)(H,31,35)/b16-9-,18-13-/t15-,17+,22+,23+,24-,26+/m1/s1. The third-order valence-electron chi connectivity index (χ3n) is 7.27. The van der Waals surface area contributed by atoms with E-state index in [1.54, 1.807) is 26.0 Å². The van der Waals surface area contributed by atoms with Gasteiger partial charge in [-0.25, -0.2) is 4.79 Å². The summed E-state index contributed by atoms with van der Waals surface area (Å²) in [4.78, 5) is 50.7. The van der Waals surface area contributed by atoms with Crippen LogP contribution in [0.4, 0.5) is 4.79 Å². The van der Waals surface area contributed by atoms with Crippen LogP contribution >= 0.6 is 0 Å². The summed E-state index contributed by atoms with van der Waals surface area (Å²) in [5.41, 5.74) is 6.32. The molecule has 0 unspecified atom stereocenters. The number of amides is 2. The summed E-state index contributed by atoms with van der Waals surface area (Å²) >= 11 is 0. The number of methoxy groups -OCH3 is 3. The number of hydrogen-bond donors (Lipinski definition) is 3. The molecule has 2 aliphatic rings. The molecule has 0 aromatic heterocycles. The Labute approximate surface area is 235 Å². The van der Waals surface area contributed by atoms with Gasteiger partial charge in [-0.15, -0.1) is 0 Å². The number of primary amides is 1. The van der Waals surface area contributed by atoms with E-state index in [-0.39, 0.29) is 29.4 Å². The lowest BCUT2D eigenvalue weighted by atomic mass is 9.85. The van der Waals surface area contributed by atoms with E-state index >= 15 is 0 Å². The van der Waals surface area contributed by atoms with Gasteiger partial charge in [0.25, 0.3) is 5.91 Å². The average Bonchev–Trinajstić information content (AvgIpc) is 2.90. The van der Waals surface area contributed by atoms with Gasteiger partial charge in [-0.3, -0.25) is 14.4 Å². The predicted octanol–water partition coefficient (Wildman–Crippen LogP) is 2.63. The fourth-order valence-corrected chi connectivity index (χ4v) is 5.09. The van der Waals surface area contributed by atoms with Crippen molar-refractivity contribution >= 4 is 23.6 Å². The zero-order valence-corrected chi connectivity index (χ0v) is 24.3. The molecule has 0 spiro atoms. The van der Waals surface area contributed by atoms with Crippen LogP contribution in [-0.2, 0) is 33.3 Å². The van der Waals surface area contributed by atoms with Crippen LogP contribution in [0.5, 0.6) is 0 Å². The third-order valence-corrected chi connectivity index (χ3v) is 7.27. The summed E-state index contributed by atoms with van der Waals surface area (Å²) in [6.45, 7) is 7.03. The Morgan fingerprint density at radius 2 is 1.73 bits per heavy atom. The normalized spacial score (nSPS) is 32.3. The highest BCUT2D eigenvalue weighted by atomic mass is 16.6. The van der Waals surface area contributed by atoms with Crippen LogP contribution in [0.25, 0.3) is 0 Å². The van der Waals surface area contributed by atoms with Crippen LogP contribution in [0, 0.1) is 11.8 Å². The topological polar surface area (TPSA) is 163 Å². The van der Waals surface area contributed by atoms with Gasteiger partial charge in [-0.2, -0.15) is 0 Å². The van der Waals surface area contributed by atoms with Gasteiger partial charge in [0.05, 0.1) is 31.1 Å². The van der Waals surface area contributed by atoms with Gasteiger partial charge in [-0.1, -0.05) is 26.0 Å². The van der Waals surface area contributed by atoms with Crippen LogP contribution in [0.15, 0.2) is 46.4 Å². The largest absolute Gasteiger partial charge is 0.492 e. The number of nitrogens with two attached hydrogens (primary N) is 1. The molecule has 4 N–H and O–H groups in total. The maximum absolute atomic E-state index is 13.3. The van der Waals surface area contributed by atoms with Gasteiger partial charge in [0.15, 0.2) is 11.9 Å². The smallest absolute Gasteiger partial charge is 0.405 e. The van der Waals surface area contributed by atoms with Crippen molar-refractivity contribution in [2.45, 2.75) is 77.8 Å². The number of carbonyl (C=O) groups is 4. The minimum absolute atomic E-state index is 0.0689. The van der Waals surface area contributed by atoms with E-state index in [9.17, 15) is 24.3 Å². The van der Waals surface area contributed by atoms with Crippen molar-refractivity contribution in [3.05, 3.63) is 46.4 Å². The van der Waals surface area contributed by atoms with E-state index < -0.39 is 53.9 Å². The molecular weight excluding hydrogens is 520 g/mol. The van der Waals surface area contributed by atoms with Crippen LogP contribution in [0.2, 0.25) is 0 Å². The number of ether oxygens (including phenoxy) is 4. The molecule has 0 aromatic rings. The summed E-state index contributed by atoms with van der Waals surface area (Å²) in [6, 6.07) is 0. The minimum Gasteiger partial charge on any atom is -0.492 e. The van der Waals surface area contributed by atoms with E-state index in [4.69, 9.17) is 24.7 Å². The molecule has 0 fully saturated rings. The highest BCUT2D eigenvalue weighted by Gasteiger charge is 2.34. The summed E-state index contributed by atoms with van der Waals surface area (Å²) in [6.07, 6.45) is 1.82. The van der Waals surface area contributed by atoms with Crippen LogP contribution in [-0.4, -0.2) is 74.4 Å². The van der Waals surface area contributed by atoms with Gasteiger partial charge < -0.3 is 35.1 Å². The first-order chi connectivity index (χ1) is 18.8. The maximum atomic E-state index is 13.3. The minimum atomic E-state index is -0.968. The Morgan fingerprint density at radius 1 is 1.07 bits per heavy atom. The van der Waals surface area contributed by atoms with Gasteiger partial charge in [0, 0.05) is 37.4 Å². The van der Waals surface area contributed by atoms with Crippen molar-refractivity contribution in [1.82, 2.24) is 5.32 Å². The Bertz CT molecular complexity index is 1100. The molecule has 2 bridgehead atoms. The Kier molecular flexibility index (Phi) is 12.3. The second-order valence-electron chi connectivity index (χ2n) is 10.4. The van der Waals surface area contributed by atoms with Gasteiger partial charge in [0.2, 0.25) is 11.6 Å². The SMILES string of the molecule is COC1=C2C[C@@H](C)C[C@H](OC)[C@H](O)[C@@H](C)/C=C(/C)[C@H](OC(N)=O)[C@@H](OC)CC/C=C(/C)C(=O)NC(=CC1=O)C2=O. The molecule has 1 aliphatic carbocycles. The zero-order valence-electron chi connectivity index (χ0n) is 24.3. The van der Waals surface area contributed by atoms with Crippen molar-refractivity contribution in [2.75, 3.05) is 21.3 Å². The van der Waals surface area contributed by atoms with Crippen molar-refractivity contribution in [3.63, 3.8) is 0 Å². The van der Waals surface area contributed by atoms with Gasteiger partial charge >= 0.3 is 6.09 Å². The molecule has 0 saturated carbocycles. The number of aliphatic hydroxyl groups is 1. The molecule has 6 atom stereocenters. The molecular formula is C29H42N2O9. The fraction of sp³-hybridized carbons (Fsp3) is 0.586. The van der Waals surface area contributed by atoms with E-state index in [0.29, 0.717) is 30.4 Å². The first kappa shape index (κ1) is 32.9. The molecule has 1 aliphatic heterocycles. The van der Waals surface area contributed by atoms with Crippen LogP contribution in [0.3, 0.4) is 0 Å². The van der Waals surface area contributed by atoms with E-state index in [0.717, 1.165) is 6.08 Å². The molecule has 0 radical (unpaired) electrons. The molecule has 2 amide bonds. The molecule has 0 saturated heterocycles. The van der Waals surface area contributed by atoms with Crippen LogP contribution < -0.4 is 11.1 Å². The molecule has 11 heteroatoms. The number of nitrogens with one attached hydrogen (secondary N) is 1. The average molecular weight is 563 g/mol. The van der Waals surface area contributed by atoms with Crippen molar-refractivity contribution in [1.29, 1.82) is 0 Å². The molecule has 222 valence electrons. The second kappa shape index (κ2) is 14.9. The number of ketones is 2. The number of carbonyl (C=O) groups excluding carboxylic acids is 4. The summed E-state index contributed by atoms with van der Waals surface area (Å²) in [5, 5.41) is 13.7. The first-order valence-corrected chi connectivity index (χ1v) is 13.3. The lowest BCUT2D eigenvalue weighted by molar-refractivity contribution is -0.120. The predicted molar refractivity (Wildman–Crippen MR) is 147 cm³/mol. The second-order valence-corrected chi connectivity index (χ2v) is 10.4. The molecule has 11 nitrogen and oxygen atoms in total. The summed E-state index contributed by atoms with van der Waals surface area (Å²) < 4.78 is 21.9. The number of aliphatic hydroxyl groups excluding tert-OH is 1. The summed E-state index contributed by atoms with van der Waals surface area (Å²) in [7, 11) is 4.28. The lowest BCUT2D eigenvalue weighted by Crippen LogP contribution is -2.37. The number of hydrogen-bond acceptors (Lipinski definition) is 9. The number of allylic oxidation sites excluding steroid dienone is 3. The van der Waals surface area contributed by atoms with Crippen molar-refractivity contribution in [3.8, 4) is 0 Å². The number of fused-ring (bicyclic) bond motifs is 2. The van der Waals surface area contributed by atoms with E-state index in [1.807, 2.05) is 13.8 Å². The van der Waals surface area contributed by atoms with Crippen LogP contribution in [0.1, 0.15) is 53.4 Å². The van der Waals surface area contributed by atoms with Crippen molar-refractivity contribution < 1.29 is 43.2 Å². The molecule has 1 heterocycles.